The zero-order valence-electron chi connectivity index (χ0n) is 18.4. The van der Waals surface area contributed by atoms with Crippen LogP contribution in [0.2, 0.25) is 0 Å². The summed E-state index contributed by atoms with van der Waals surface area (Å²) in [5.74, 6) is -0.244. The van der Waals surface area contributed by atoms with Crippen molar-refractivity contribution in [2.45, 2.75) is 32.4 Å². The normalized spacial score (nSPS) is 12.6. The molecule has 0 radical (unpaired) electrons. The van der Waals surface area contributed by atoms with Crippen molar-refractivity contribution in [1.29, 1.82) is 0 Å². The van der Waals surface area contributed by atoms with Crippen LogP contribution in [0.4, 0.5) is 4.79 Å². The Labute approximate surface area is 207 Å². The topological polar surface area (TPSA) is 99.0 Å². The van der Waals surface area contributed by atoms with E-state index in [1.165, 1.54) is 0 Å². The van der Waals surface area contributed by atoms with Gasteiger partial charge in [-0.15, -0.1) is 0 Å². The Morgan fingerprint density at radius 2 is 1.58 bits per heavy atom. The van der Waals surface area contributed by atoms with Crippen molar-refractivity contribution in [2.75, 3.05) is 6.54 Å². The summed E-state index contributed by atoms with van der Waals surface area (Å²) in [6.45, 7) is 5.58. The molecule has 2 aromatic carbocycles. The standard InChI is InChI=1S/C24H24Br2N4O3/c1-24(2,3)33-23(32)29-12-21(17-10-27-19-8-13(25)4-6-15(17)19)30-22(31)18-11-28-20-9-14(26)5-7-16(18)20/h4-11,21,27-28H,12H2,1-3H3,(H,29,32)(H,30,31). The number of aromatic nitrogens is 2. The number of amides is 2. The number of hydrogen-bond acceptors (Lipinski definition) is 3. The van der Waals surface area contributed by atoms with E-state index in [1.54, 1.807) is 27.0 Å². The Bertz CT molecular complexity index is 1340. The summed E-state index contributed by atoms with van der Waals surface area (Å²) in [4.78, 5) is 31.9. The number of carbonyl (C=O) groups is 2. The molecular formula is C24H24Br2N4O3. The molecule has 172 valence electrons. The Hall–Kier alpha value is -2.78. The molecule has 4 aromatic rings. The molecule has 33 heavy (non-hydrogen) atoms. The molecule has 1 atom stereocenters. The van der Waals surface area contributed by atoms with Crippen LogP contribution < -0.4 is 10.6 Å². The van der Waals surface area contributed by atoms with Crippen LogP contribution in [0.1, 0.15) is 42.7 Å². The summed E-state index contributed by atoms with van der Waals surface area (Å²) in [7, 11) is 0. The van der Waals surface area contributed by atoms with Gasteiger partial charge in [0.15, 0.2) is 0 Å². The Balaban J connectivity index is 1.62. The van der Waals surface area contributed by atoms with Gasteiger partial charge in [-0.3, -0.25) is 4.79 Å². The zero-order valence-corrected chi connectivity index (χ0v) is 21.6. The number of nitrogens with one attached hydrogen (secondary N) is 4. The van der Waals surface area contributed by atoms with Gasteiger partial charge >= 0.3 is 6.09 Å². The van der Waals surface area contributed by atoms with Gasteiger partial charge in [-0.2, -0.15) is 0 Å². The summed E-state index contributed by atoms with van der Waals surface area (Å²) in [5, 5.41) is 7.64. The highest BCUT2D eigenvalue weighted by molar-refractivity contribution is 9.10. The first-order valence-electron chi connectivity index (χ1n) is 10.4. The van der Waals surface area contributed by atoms with E-state index in [2.05, 4.69) is 52.5 Å². The van der Waals surface area contributed by atoms with Gasteiger partial charge in [-0.25, -0.2) is 4.79 Å². The van der Waals surface area contributed by atoms with Crippen LogP contribution in [0.15, 0.2) is 57.7 Å². The maximum absolute atomic E-state index is 13.3. The first kappa shape index (κ1) is 23.4. The van der Waals surface area contributed by atoms with Crippen molar-refractivity contribution in [3.05, 3.63) is 68.9 Å². The summed E-state index contributed by atoms with van der Waals surface area (Å²) in [6, 6.07) is 11.1. The second-order valence-corrected chi connectivity index (χ2v) is 10.6. The first-order chi connectivity index (χ1) is 15.6. The SMILES string of the molecule is CC(C)(C)OC(=O)NCC(NC(=O)c1c[nH]c2cc(Br)ccc12)c1c[nH]c2cc(Br)ccc12. The molecule has 0 saturated carbocycles. The van der Waals surface area contributed by atoms with Gasteiger partial charge in [0.05, 0.1) is 11.6 Å². The van der Waals surface area contributed by atoms with Crippen LogP contribution in [0.3, 0.4) is 0 Å². The van der Waals surface area contributed by atoms with Gasteiger partial charge in [0.2, 0.25) is 0 Å². The Kier molecular flexibility index (Phi) is 6.54. The number of fused-ring (bicyclic) bond motifs is 2. The van der Waals surface area contributed by atoms with Crippen LogP contribution in [0, 0.1) is 0 Å². The van der Waals surface area contributed by atoms with Crippen LogP contribution in [0.25, 0.3) is 21.8 Å². The minimum Gasteiger partial charge on any atom is -0.444 e. The summed E-state index contributed by atoms with van der Waals surface area (Å²) < 4.78 is 7.24. The second kappa shape index (κ2) is 9.23. The minimum atomic E-state index is -0.617. The molecule has 0 fully saturated rings. The summed E-state index contributed by atoms with van der Waals surface area (Å²) >= 11 is 6.93. The number of ether oxygens (including phenoxy) is 1. The smallest absolute Gasteiger partial charge is 0.407 e. The third-order valence-corrected chi connectivity index (χ3v) is 6.08. The van der Waals surface area contributed by atoms with E-state index in [0.717, 1.165) is 36.3 Å². The van der Waals surface area contributed by atoms with Gasteiger partial charge in [0.1, 0.15) is 5.60 Å². The maximum atomic E-state index is 13.3. The zero-order chi connectivity index (χ0) is 23.8. The van der Waals surface area contributed by atoms with Gasteiger partial charge in [0.25, 0.3) is 5.91 Å². The van der Waals surface area contributed by atoms with E-state index in [9.17, 15) is 9.59 Å². The molecule has 0 aliphatic rings. The lowest BCUT2D eigenvalue weighted by Crippen LogP contribution is -2.40. The molecule has 0 saturated heterocycles. The Morgan fingerprint density at radius 3 is 2.24 bits per heavy atom. The second-order valence-electron chi connectivity index (χ2n) is 8.74. The van der Waals surface area contributed by atoms with E-state index in [1.807, 2.05) is 42.6 Å². The van der Waals surface area contributed by atoms with Crippen molar-refractivity contribution in [3.8, 4) is 0 Å². The van der Waals surface area contributed by atoms with Crippen molar-refractivity contribution in [3.63, 3.8) is 0 Å². The van der Waals surface area contributed by atoms with Crippen molar-refractivity contribution in [2.24, 2.45) is 0 Å². The van der Waals surface area contributed by atoms with Crippen LogP contribution in [0.5, 0.6) is 0 Å². The van der Waals surface area contributed by atoms with Gasteiger partial charge in [-0.05, 0) is 45.0 Å². The summed E-state index contributed by atoms with van der Waals surface area (Å²) in [6.07, 6.45) is 3.00. The predicted molar refractivity (Wildman–Crippen MR) is 136 cm³/mol. The number of carbonyl (C=O) groups excluding carboxylic acids is 2. The number of aromatic amines is 2. The molecule has 0 aliphatic heterocycles. The highest BCUT2D eigenvalue weighted by Crippen LogP contribution is 2.28. The van der Waals surface area contributed by atoms with Gasteiger partial charge < -0.3 is 25.3 Å². The average Bonchev–Trinajstić information content (AvgIpc) is 3.33. The van der Waals surface area contributed by atoms with Crippen LogP contribution >= 0.6 is 31.9 Å². The molecule has 4 N–H and O–H groups in total. The number of hydrogen-bond donors (Lipinski definition) is 4. The largest absolute Gasteiger partial charge is 0.444 e. The number of rotatable bonds is 5. The van der Waals surface area contributed by atoms with E-state index in [0.29, 0.717) is 5.56 Å². The van der Waals surface area contributed by atoms with E-state index in [4.69, 9.17) is 4.74 Å². The molecule has 1 unspecified atom stereocenters. The molecule has 9 heteroatoms. The fraction of sp³-hybridized carbons (Fsp3) is 0.250. The third-order valence-electron chi connectivity index (χ3n) is 5.09. The fourth-order valence-electron chi connectivity index (χ4n) is 3.67. The van der Waals surface area contributed by atoms with Crippen molar-refractivity contribution in [1.82, 2.24) is 20.6 Å². The van der Waals surface area contributed by atoms with E-state index < -0.39 is 17.7 Å². The lowest BCUT2D eigenvalue weighted by Gasteiger charge is -2.22. The monoisotopic (exact) mass is 574 g/mol. The molecule has 0 spiro atoms. The molecule has 0 aliphatic carbocycles. The lowest BCUT2D eigenvalue weighted by molar-refractivity contribution is 0.0520. The first-order valence-corrected chi connectivity index (χ1v) is 12.0. The summed E-state index contributed by atoms with van der Waals surface area (Å²) in [5.41, 5.74) is 2.56. The minimum absolute atomic E-state index is 0.164. The van der Waals surface area contributed by atoms with Crippen LogP contribution in [-0.4, -0.2) is 34.1 Å². The molecule has 0 bridgehead atoms. The van der Waals surface area contributed by atoms with Crippen molar-refractivity contribution >= 4 is 65.7 Å². The number of H-pyrrole nitrogens is 2. The lowest BCUT2D eigenvalue weighted by atomic mass is 10.0. The van der Waals surface area contributed by atoms with Gasteiger partial charge in [0, 0.05) is 55.3 Å². The molecule has 4 rings (SSSR count). The number of halogens is 2. The number of alkyl carbamates (subject to hydrolysis) is 1. The predicted octanol–water partition coefficient (Wildman–Crippen LogP) is 6.17. The highest BCUT2D eigenvalue weighted by atomic mass is 79.9. The molecule has 2 heterocycles. The molecular weight excluding hydrogens is 552 g/mol. The number of benzene rings is 2. The quantitative estimate of drug-likeness (QED) is 0.229. The highest BCUT2D eigenvalue weighted by Gasteiger charge is 2.23. The van der Waals surface area contributed by atoms with E-state index in [-0.39, 0.29) is 12.5 Å². The average molecular weight is 576 g/mol. The van der Waals surface area contributed by atoms with Gasteiger partial charge in [-0.1, -0.05) is 44.0 Å². The van der Waals surface area contributed by atoms with Crippen LogP contribution in [-0.2, 0) is 4.74 Å². The third kappa shape index (κ3) is 5.42. The fourth-order valence-corrected chi connectivity index (χ4v) is 4.39. The Morgan fingerprint density at radius 1 is 0.970 bits per heavy atom. The molecule has 2 aromatic heterocycles. The molecule has 2 amide bonds. The van der Waals surface area contributed by atoms with E-state index >= 15 is 0 Å². The maximum Gasteiger partial charge on any atom is 0.407 e. The molecule has 7 nitrogen and oxygen atoms in total. The van der Waals surface area contributed by atoms with Crippen molar-refractivity contribution < 1.29 is 14.3 Å².